The van der Waals surface area contributed by atoms with Crippen LogP contribution in [0.25, 0.3) is 0 Å². The Morgan fingerprint density at radius 2 is 2.00 bits per heavy atom. The summed E-state index contributed by atoms with van der Waals surface area (Å²) >= 11 is 6.06. The van der Waals surface area contributed by atoms with Crippen molar-refractivity contribution in [3.05, 3.63) is 82.1 Å². The highest BCUT2D eigenvalue weighted by molar-refractivity contribution is 7.90. The number of halogens is 1. The van der Waals surface area contributed by atoms with E-state index >= 15 is 0 Å². The first-order valence-electron chi connectivity index (χ1n) is 12.2. The first-order valence-corrected chi connectivity index (χ1v) is 14.2. The molecule has 2 aromatic carbocycles. The predicted octanol–water partition coefficient (Wildman–Crippen LogP) is 5.22. The molecule has 192 valence electrons. The summed E-state index contributed by atoms with van der Waals surface area (Å²) in [4.78, 5) is 19.7. The molecule has 36 heavy (non-hydrogen) atoms. The molecule has 2 heterocycles. The van der Waals surface area contributed by atoms with E-state index in [4.69, 9.17) is 16.3 Å². The second kappa shape index (κ2) is 11.2. The fraction of sp³-hybridized carbons (Fsp3) is 0.407. The number of carbonyl (C=O) groups is 1. The lowest BCUT2D eigenvalue weighted by Crippen LogP contribution is -2.38. The van der Waals surface area contributed by atoms with Crippen molar-refractivity contribution in [2.45, 2.75) is 63.2 Å². The maximum absolute atomic E-state index is 13.6. The fourth-order valence-electron chi connectivity index (χ4n) is 4.62. The summed E-state index contributed by atoms with van der Waals surface area (Å²) in [6.45, 7) is 7.09. The van der Waals surface area contributed by atoms with Crippen LogP contribution in [-0.2, 0) is 26.9 Å². The largest absolute Gasteiger partial charge is 0.376 e. The van der Waals surface area contributed by atoms with E-state index in [-0.39, 0.29) is 35.5 Å². The van der Waals surface area contributed by atoms with Gasteiger partial charge in [0.1, 0.15) is 0 Å². The molecule has 4 rings (SSSR count). The average Bonchev–Trinajstić information content (AvgIpc) is 3.49. The van der Waals surface area contributed by atoms with Crippen molar-refractivity contribution in [1.29, 1.82) is 0 Å². The van der Waals surface area contributed by atoms with Gasteiger partial charge < -0.3 is 14.2 Å². The molecule has 0 spiro atoms. The van der Waals surface area contributed by atoms with Gasteiger partial charge in [-0.3, -0.25) is 4.79 Å². The number of nitrogens with zero attached hydrogens (tertiary/aromatic N) is 3. The Morgan fingerprint density at radius 1 is 1.22 bits per heavy atom. The Kier molecular flexibility index (Phi) is 8.17. The number of aromatic nitrogens is 2. The second-order valence-electron chi connectivity index (χ2n) is 9.52. The maximum atomic E-state index is 13.6. The van der Waals surface area contributed by atoms with Gasteiger partial charge in [0.2, 0.25) is 15.0 Å². The average molecular weight is 530 g/mol. The van der Waals surface area contributed by atoms with E-state index in [2.05, 4.69) is 4.98 Å². The molecule has 1 saturated heterocycles. The van der Waals surface area contributed by atoms with Crippen LogP contribution in [0.1, 0.15) is 59.9 Å². The lowest BCUT2D eigenvalue weighted by Gasteiger charge is -2.27. The fourth-order valence-corrected chi connectivity index (χ4v) is 6.42. The Labute approximate surface area is 218 Å². The number of rotatable bonds is 9. The Bertz CT molecular complexity index is 1330. The lowest BCUT2D eigenvalue weighted by atomic mass is 10.1. The quantitative estimate of drug-likeness (QED) is 0.379. The van der Waals surface area contributed by atoms with Gasteiger partial charge in [0.25, 0.3) is 5.91 Å². The molecule has 0 saturated carbocycles. The molecule has 1 aliphatic rings. The van der Waals surface area contributed by atoms with E-state index in [1.54, 1.807) is 39.9 Å². The number of aryl methyl sites for hydroxylation is 1. The van der Waals surface area contributed by atoms with Crippen LogP contribution in [0.4, 0.5) is 0 Å². The summed E-state index contributed by atoms with van der Waals surface area (Å²) in [7, 11) is -3.76. The lowest BCUT2D eigenvalue weighted by molar-refractivity contribution is 0.0500. The van der Waals surface area contributed by atoms with Crippen LogP contribution in [0.5, 0.6) is 0 Å². The van der Waals surface area contributed by atoms with Gasteiger partial charge in [-0.1, -0.05) is 41.9 Å². The van der Waals surface area contributed by atoms with Gasteiger partial charge >= 0.3 is 0 Å². The summed E-state index contributed by atoms with van der Waals surface area (Å²) in [6.07, 6.45) is 3.38. The number of imidazole rings is 1. The zero-order chi connectivity index (χ0) is 25.9. The first-order chi connectivity index (χ1) is 17.2. The van der Waals surface area contributed by atoms with Crippen molar-refractivity contribution in [2.75, 3.05) is 13.2 Å². The van der Waals surface area contributed by atoms with Gasteiger partial charge in [-0.25, -0.2) is 13.4 Å². The molecular weight excluding hydrogens is 498 g/mol. The van der Waals surface area contributed by atoms with E-state index in [0.717, 1.165) is 18.4 Å². The predicted molar refractivity (Wildman–Crippen MR) is 140 cm³/mol. The van der Waals surface area contributed by atoms with Crippen LogP contribution in [0.15, 0.2) is 59.9 Å². The Balaban J connectivity index is 1.67. The highest BCUT2D eigenvalue weighted by Gasteiger charge is 2.29. The Hall–Kier alpha value is -2.68. The van der Waals surface area contributed by atoms with Crippen LogP contribution < -0.4 is 0 Å². The molecule has 1 aromatic heterocycles. The SMILES string of the molecule is Cc1ccccc1C(=O)N(Cc1cnc(S(=O)(=O)Cc2cccc(Cl)c2)n1C(C)C)C[C@H]1CCCO1. The van der Waals surface area contributed by atoms with Gasteiger partial charge in [0.15, 0.2) is 0 Å². The van der Waals surface area contributed by atoms with Crippen LogP contribution in [0, 0.1) is 6.92 Å². The first kappa shape index (κ1) is 26.4. The van der Waals surface area contributed by atoms with E-state index < -0.39 is 9.84 Å². The van der Waals surface area contributed by atoms with Gasteiger partial charge in [0, 0.05) is 29.8 Å². The van der Waals surface area contributed by atoms with Crippen LogP contribution in [0.3, 0.4) is 0 Å². The minimum absolute atomic E-state index is 0.00659. The van der Waals surface area contributed by atoms with Crippen molar-refractivity contribution in [1.82, 2.24) is 14.5 Å². The molecule has 0 radical (unpaired) electrons. The summed E-state index contributed by atoms with van der Waals surface area (Å²) in [6, 6.07) is 14.1. The minimum Gasteiger partial charge on any atom is -0.376 e. The summed E-state index contributed by atoms with van der Waals surface area (Å²) in [5.74, 6) is -0.318. The molecule has 0 unspecified atom stereocenters. The zero-order valence-corrected chi connectivity index (χ0v) is 22.4. The third-order valence-electron chi connectivity index (χ3n) is 6.34. The van der Waals surface area contributed by atoms with Crippen molar-refractivity contribution in [2.24, 2.45) is 0 Å². The number of hydrogen-bond acceptors (Lipinski definition) is 5. The van der Waals surface area contributed by atoms with Crippen molar-refractivity contribution < 1.29 is 17.9 Å². The molecule has 1 fully saturated rings. The normalized spacial score (nSPS) is 16.0. The highest BCUT2D eigenvalue weighted by Crippen LogP contribution is 2.25. The van der Waals surface area contributed by atoms with E-state index in [1.807, 2.05) is 45.0 Å². The number of benzene rings is 2. The van der Waals surface area contributed by atoms with E-state index in [1.165, 1.54) is 0 Å². The third-order valence-corrected chi connectivity index (χ3v) is 8.15. The van der Waals surface area contributed by atoms with Crippen molar-refractivity contribution in [3.8, 4) is 0 Å². The number of hydrogen-bond donors (Lipinski definition) is 0. The van der Waals surface area contributed by atoms with E-state index in [9.17, 15) is 13.2 Å². The van der Waals surface area contributed by atoms with Crippen LogP contribution in [-0.4, -0.2) is 48.0 Å². The van der Waals surface area contributed by atoms with Gasteiger partial charge in [0.05, 0.1) is 30.3 Å². The molecule has 3 aromatic rings. The number of sulfone groups is 1. The summed E-state index contributed by atoms with van der Waals surface area (Å²) < 4.78 is 34.3. The third kappa shape index (κ3) is 5.99. The monoisotopic (exact) mass is 529 g/mol. The van der Waals surface area contributed by atoms with Crippen LogP contribution >= 0.6 is 11.6 Å². The molecule has 1 atom stereocenters. The molecule has 7 nitrogen and oxygen atoms in total. The van der Waals surface area contributed by atoms with Gasteiger partial charge in [-0.2, -0.15) is 0 Å². The minimum atomic E-state index is -3.76. The molecule has 0 bridgehead atoms. The van der Waals surface area contributed by atoms with Gasteiger partial charge in [-0.15, -0.1) is 0 Å². The maximum Gasteiger partial charge on any atom is 0.254 e. The summed E-state index contributed by atoms with van der Waals surface area (Å²) in [5, 5.41) is 0.475. The number of carbonyl (C=O) groups excluding carboxylic acids is 1. The number of amides is 1. The second-order valence-corrected chi connectivity index (χ2v) is 11.8. The highest BCUT2D eigenvalue weighted by atomic mass is 35.5. The molecule has 9 heteroatoms. The van der Waals surface area contributed by atoms with Crippen LogP contribution in [0.2, 0.25) is 5.02 Å². The molecule has 1 amide bonds. The molecule has 0 N–H and O–H groups in total. The summed E-state index contributed by atoms with van der Waals surface area (Å²) in [5.41, 5.74) is 2.77. The standard InChI is InChI=1S/C27H32ClN3O4S/c1-19(2)31-23(15-29-27(31)36(33,34)18-21-9-6-10-22(28)14-21)16-30(17-24-11-7-13-35-24)26(32)25-12-5-4-8-20(25)3/h4-6,8-10,12,14-15,19,24H,7,11,13,16-18H2,1-3H3/t24-/m1/s1. The Morgan fingerprint density at radius 3 is 2.67 bits per heavy atom. The van der Waals surface area contributed by atoms with Crippen molar-refractivity contribution in [3.63, 3.8) is 0 Å². The molecule has 1 aliphatic heterocycles. The topological polar surface area (TPSA) is 81.5 Å². The molecular formula is C27H32ClN3O4S. The smallest absolute Gasteiger partial charge is 0.254 e. The van der Waals surface area contributed by atoms with Gasteiger partial charge in [-0.05, 0) is 62.9 Å². The van der Waals surface area contributed by atoms with E-state index in [0.29, 0.717) is 35.0 Å². The number of ether oxygens (including phenoxy) is 1. The zero-order valence-electron chi connectivity index (χ0n) is 20.9. The molecule has 0 aliphatic carbocycles. The van der Waals surface area contributed by atoms with Crippen molar-refractivity contribution >= 4 is 27.3 Å².